The summed E-state index contributed by atoms with van der Waals surface area (Å²) in [5.41, 5.74) is 3.70. The summed E-state index contributed by atoms with van der Waals surface area (Å²) < 4.78 is 5.45. The second-order valence-electron chi connectivity index (χ2n) is 7.79. The van der Waals surface area contributed by atoms with Crippen molar-refractivity contribution in [1.82, 2.24) is 20.9 Å². The average molecular weight is 566 g/mol. The minimum atomic E-state index is -0.0424. The number of nitrogens with one attached hydrogen (secondary N) is 3. The Balaban J connectivity index is 0.00000385. The van der Waals surface area contributed by atoms with E-state index in [1.807, 2.05) is 31.2 Å². The molecule has 180 valence electrons. The van der Waals surface area contributed by atoms with Gasteiger partial charge in [0.2, 0.25) is 5.91 Å². The van der Waals surface area contributed by atoms with Gasteiger partial charge in [-0.15, -0.1) is 24.0 Å². The molecule has 3 rings (SSSR count). The van der Waals surface area contributed by atoms with Crippen LogP contribution in [0.4, 0.5) is 0 Å². The van der Waals surface area contributed by atoms with Crippen molar-refractivity contribution in [3.8, 4) is 0 Å². The molecule has 33 heavy (non-hydrogen) atoms. The van der Waals surface area contributed by atoms with E-state index in [0.29, 0.717) is 19.0 Å². The standard InChI is InChI=1S/C25H35N5O2.HI/c1-2-26-25(29-19-24(31)27-13-12-21-8-4-3-5-9-21)28-18-22-10-6-7-11-23(22)20-30-14-16-32-17-15-30;/h3-11H,2,12-20H2,1H3,(H,27,31)(H2,26,28,29);1H. The Kier molecular flexibility index (Phi) is 12.8. The molecule has 0 bridgehead atoms. The van der Waals surface area contributed by atoms with Crippen LogP contribution < -0.4 is 16.0 Å². The van der Waals surface area contributed by atoms with Gasteiger partial charge in [0.05, 0.1) is 26.3 Å². The molecular weight excluding hydrogens is 529 g/mol. The van der Waals surface area contributed by atoms with Crippen molar-refractivity contribution in [1.29, 1.82) is 0 Å². The summed E-state index contributed by atoms with van der Waals surface area (Å²) in [6, 6.07) is 18.6. The Morgan fingerprint density at radius 2 is 1.67 bits per heavy atom. The molecule has 0 radical (unpaired) electrons. The zero-order valence-electron chi connectivity index (χ0n) is 19.4. The SMILES string of the molecule is CCNC(=NCc1ccccc1CN1CCOCC1)NCC(=O)NCCc1ccccc1.I. The Morgan fingerprint density at radius 1 is 0.970 bits per heavy atom. The monoisotopic (exact) mass is 565 g/mol. The lowest BCUT2D eigenvalue weighted by Gasteiger charge is -2.27. The summed E-state index contributed by atoms with van der Waals surface area (Å²) in [4.78, 5) is 19.3. The Morgan fingerprint density at radius 3 is 2.39 bits per heavy atom. The molecule has 2 aromatic carbocycles. The number of amides is 1. The van der Waals surface area contributed by atoms with E-state index in [4.69, 9.17) is 9.73 Å². The van der Waals surface area contributed by atoms with Crippen LogP contribution in [-0.2, 0) is 29.0 Å². The molecule has 1 aliphatic rings. The molecule has 7 nitrogen and oxygen atoms in total. The molecule has 0 spiro atoms. The molecule has 0 aliphatic carbocycles. The average Bonchev–Trinajstić information content (AvgIpc) is 2.83. The Labute approximate surface area is 214 Å². The van der Waals surface area contributed by atoms with Crippen molar-refractivity contribution in [2.24, 2.45) is 4.99 Å². The van der Waals surface area contributed by atoms with Gasteiger partial charge in [0.1, 0.15) is 0 Å². The summed E-state index contributed by atoms with van der Waals surface area (Å²) in [5, 5.41) is 9.32. The highest BCUT2D eigenvalue weighted by atomic mass is 127. The predicted octanol–water partition coefficient (Wildman–Crippen LogP) is 2.55. The normalized spacial score (nSPS) is 14.3. The van der Waals surface area contributed by atoms with E-state index in [1.54, 1.807) is 0 Å². The number of halogens is 1. The molecule has 2 aromatic rings. The van der Waals surface area contributed by atoms with Crippen LogP contribution in [0.5, 0.6) is 0 Å². The highest BCUT2D eigenvalue weighted by Gasteiger charge is 2.12. The lowest BCUT2D eigenvalue weighted by molar-refractivity contribution is -0.119. The van der Waals surface area contributed by atoms with E-state index in [0.717, 1.165) is 45.8 Å². The van der Waals surface area contributed by atoms with Crippen LogP contribution in [0.15, 0.2) is 59.6 Å². The van der Waals surface area contributed by atoms with Crippen LogP contribution in [0, 0.1) is 0 Å². The highest BCUT2D eigenvalue weighted by molar-refractivity contribution is 14.0. The third kappa shape index (κ3) is 10.1. The van der Waals surface area contributed by atoms with Crippen LogP contribution in [-0.4, -0.2) is 62.7 Å². The molecule has 0 atom stereocenters. The number of guanidine groups is 1. The van der Waals surface area contributed by atoms with Gasteiger partial charge in [0.25, 0.3) is 0 Å². The zero-order chi connectivity index (χ0) is 22.4. The van der Waals surface area contributed by atoms with Crippen LogP contribution >= 0.6 is 24.0 Å². The van der Waals surface area contributed by atoms with E-state index < -0.39 is 0 Å². The number of ether oxygens (including phenoxy) is 1. The molecule has 1 heterocycles. The molecule has 0 aromatic heterocycles. The first-order chi connectivity index (χ1) is 15.7. The predicted molar refractivity (Wildman–Crippen MR) is 144 cm³/mol. The summed E-state index contributed by atoms with van der Waals surface area (Å²) in [6.07, 6.45) is 0.820. The van der Waals surface area contributed by atoms with E-state index in [-0.39, 0.29) is 36.4 Å². The summed E-state index contributed by atoms with van der Waals surface area (Å²) in [7, 11) is 0. The van der Waals surface area contributed by atoms with Gasteiger partial charge >= 0.3 is 0 Å². The van der Waals surface area contributed by atoms with Crippen LogP contribution in [0.25, 0.3) is 0 Å². The molecular formula is C25H36IN5O2. The fourth-order valence-corrected chi connectivity index (χ4v) is 3.59. The third-order valence-corrected chi connectivity index (χ3v) is 5.36. The van der Waals surface area contributed by atoms with Crippen molar-refractivity contribution in [2.45, 2.75) is 26.4 Å². The maximum Gasteiger partial charge on any atom is 0.239 e. The van der Waals surface area contributed by atoms with E-state index in [2.05, 4.69) is 51.2 Å². The smallest absolute Gasteiger partial charge is 0.239 e. The zero-order valence-corrected chi connectivity index (χ0v) is 21.7. The van der Waals surface area contributed by atoms with Gasteiger partial charge in [-0.2, -0.15) is 0 Å². The number of benzene rings is 2. The van der Waals surface area contributed by atoms with Gasteiger partial charge in [0.15, 0.2) is 5.96 Å². The topological polar surface area (TPSA) is 78.0 Å². The van der Waals surface area contributed by atoms with Gasteiger partial charge in [-0.25, -0.2) is 4.99 Å². The highest BCUT2D eigenvalue weighted by Crippen LogP contribution is 2.14. The first-order valence-corrected chi connectivity index (χ1v) is 11.4. The number of carbonyl (C=O) groups is 1. The van der Waals surface area contributed by atoms with Gasteiger partial charge in [-0.3, -0.25) is 9.69 Å². The number of morpholine rings is 1. The van der Waals surface area contributed by atoms with Crippen LogP contribution in [0.2, 0.25) is 0 Å². The number of hydrogen-bond acceptors (Lipinski definition) is 4. The van der Waals surface area contributed by atoms with Gasteiger partial charge in [-0.05, 0) is 30.0 Å². The van der Waals surface area contributed by atoms with Crippen molar-refractivity contribution < 1.29 is 9.53 Å². The maximum atomic E-state index is 12.2. The molecule has 0 unspecified atom stereocenters. The third-order valence-electron chi connectivity index (χ3n) is 5.36. The van der Waals surface area contributed by atoms with Crippen LogP contribution in [0.1, 0.15) is 23.6 Å². The quantitative estimate of drug-likeness (QED) is 0.235. The first kappa shape index (κ1) is 27.1. The lowest BCUT2D eigenvalue weighted by Crippen LogP contribution is -2.43. The van der Waals surface area contributed by atoms with E-state index in [1.165, 1.54) is 16.7 Å². The van der Waals surface area contributed by atoms with E-state index in [9.17, 15) is 4.79 Å². The molecule has 1 fully saturated rings. The molecule has 1 amide bonds. The minimum Gasteiger partial charge on any atom is -0.379 e. The second-order valence-corrected chi connectivity index (χ2v) is 7.79. The van der Waals surface area contributed by atoms with Gasteiger partial charge in [-0.1, -0.05) is 54.6 Å². The van der Waals surface area contributed by atoms with Gasteiger partial charge in [0, 0.05) is 32.7 Å². The van der Waals surface area contributed by atoms with Crippen molar-refractivity contribution >= 4 is 35.8 Å². The number of nitrogens with zero attached hydrogens (tertiary/aromatic N) is 2. The second kappa shape index (κ2) is 15.6. The molecule has 8 heteroatoms. The molecule has 3 N–H and O–H groups in total. The van der Waals surface area contributed by atoms with Gasteiger partial charge < -0.3 is 20.7 Å². The van der Waals surface area contributed by atoms with Crippen LogP contribution in [0.3, 0.4) is 0 Å². The fraction of sp³-hybridized carbons (Fsp3) is 0.440. The number of hydrogen-bond donors (Lipinski definition) is 3. The van der Waals surface area contributed by atoms with Crippen molar-refractivity contribution in [3.05, 3.63) is 71.3 Å². The number of rotatable bonds is 10. The number of carbonyl (C=O) groups excluding carboxylic acids is 1. The van der Waals surface area contributed by atoms with Crippen molar-refractivity contribution in [3.63, 3.8) is 0 Å². The Bertz CT molecular complexity index is 857. The molecule has 0 saturated carbocycles. The molecule has 1 saturated heterocycles. The minimum absolute atomic E-state index is 0. The molecule has 1 aliphatic heterocycles. The lowest BCUT2D eigenvalue weighted by atomic mass is 10.1. The first-order valence-electron chi connectivity index (χ1n) is 11.4. The largest absolute Gasteiger partial charge is 0.379 e. The summed E-state index contributed by atoms with van der Waals surface area (Å²) in [6.45, 7) is 8.53. The van der Waals surface area contributed by atoms with Crippen molar-refractivity contribution in [2.75, 3.05) is 45.9 Å². The summed E-state index contributed by atoms with van der Waals surface area (Å²) in [5.74, 6) is 0.603. The fourth-order valence-electron chi connectivity index (χ4n) is 3.59. The number of aliphatic imine (C=N–C) groups is 1. The van der Waals surface area contributed by atoms with E-state index >= 15 is 0 Å². The maximum absolute atomic E-state index is 12.2. The summed E-state index contributed by atoms with van der Waals surface area (Å²) >= 11 is 0. The Hall–Kier alpha value is -2.17.